The van der Waals surface area contributed by atoms with Gasteiger partial charge in [0, 0.05) is 6.42 Å². The van der Waals surface area contributed by atoms with Crippen LogP contribution in [0, 0.1) is 0 Å². The molecule has 2 aromatic carbocycles. The number of nitrogens with one attached hydrogen (secondary N) is 1. The number of rotatable bonds is 10. The maximum atomic E-state index is 14.4. The Balaban J connectivity index is 1.63. The van der Waals surface area contributed by atoms with E-state index in [1.165, 1.54) is 0 Å². The molecular weight excluding hydrogens is 390 g/mol. The van der Waals surface area contributed by atoms with Crippen molar-refractivity contribution in [3.63, 3.8) is 0 Å². The van der Waals surface area contributed by atoms with Crippen molar-refractivity contribution in [3.8, 4) is 0 Å². The van der Waals surface area contributed by atoms with Crippen molar-refractivity contribution in [2.45, 2.75) is 51.0 Å². The van der Waals surface area contributed by atoms with Crippen LogP contribution in [0.2, 0.25) is 0 Å². The van der Waals surface area contributed by atoms with Crippen LogP contribution >= 0.6 is 0 Å². The van der Waals surface area contributed by atoms with Gasteiger partial charge in [0.15, 0.2) is 5.58 Å². The van der Waals surface area contributed by atoms with Gasteiger partial charge in [-0.3, -0.25) is 9.59 Å². The van der Waals surface area contributed by atoms with Gasteiger partial charge in [0.25, 0.3) is 11.8 Å². The highest BCUT2D eigenvalue weighted by Crippen LogP contribution is 2.23. The Bertz CT molecular complexity index is 969. The van der Waals surface area contributed by atoms with Crippen LogP contribution in [-0.2, 0) is 11.2 Å². The number of hydrogen-bond acceptors (Lipinski definition) is 4. The molecular formula is C23H24F2N2O3. The van der Waals surface area contributed by atoms with Gasteiger partial charge in [0.2, 0.25) is 5.78 Å². The van der Waals surface area contributed by atoms with E-state index in [0.717, 1.165) is 5.56 Å². The molecule has 30 heavy (non-hydrogen) atoms. The van der Waals surface area contributed by atoms with Crippen LogP contribution in [0.4, 0.5) is 8.78 Å². The largest absolute Gasteiger partial charge is 0.434 e. The summed E-state index contributed by atoms with van der Waals surface area (Å²) < 4.78 is 34.2. The summed E-state index contributed by atoms with van der Waals surface area (Å²) in [7, 11) is 0. The third-order valence-electron chi connectivity index (χ3n) is 4.84. The normalized spacial score (nSPS) is 12.6. The SMILES string of the molecule is CCC[C@@H](NC(=O)C(F)(F)CCCc1ccccc1)C(=O)c1nc2ccccc2o1. The van der Waals surface area contributed by atoms with Crippen molar-refractivity contribution in [3.05, 3.63) is 66.1 Å². The number of para-hydroxylation sites is 2. The number of halogens is 2. The predicted octanol–water partition coefficient (Wildman–Crippen LogP) is 4.95. The lowest BCUT2D eigenvalue weighted by Gasteiger charge is -2.20. The number of nitrogens with zero attached hydrogens (tertiary/aromatic N) is 1. The molecule has 7 heteroatoms. The summed E-state index contributed by atoms with van der Waals surface area (Å²) in [6.07, 6.45) is 0.745. The highest BCUT2D eigenvalue weighted by Gasteiger charge is 2.40. The summed E-state index contributed by atoms with van der Waals surface area (Å²) in [6, 6.07) is 15.0. The first-order valence-electron chi connectivity index (χ1n) is 10.0. The van der Waals surface area contributed by atoms with Gasteiger partial charge in [0.05, 0.1) is 6.04 Å². The van der Waals surface area contributed by atoms with E-state index in [4.69, 9.17) is 4.42 Å². The number of ketones is 1. The number of fused-ring (bicyclic) bond motifs is 1. The minimum absolute atomic E-state index is 0.155. The van der Waals surface area contributed by atoms with Gasteiger partial charge in [-0.1, -0.05) is 55.8 Å². The second-order valence-electron chi connectivity index (χ2n) is 7.21. The van der Waals surface area contributed by atoms with Crippen molar-refractivity contribution in [2.75, 3.05) is 0 Å². The zero-order valence-electron chi connectivity index (χ0n) is 16.7. The molecule has 1 heterocycles. The van der Waals surface area contributed by atoms with Gasteiger partial charge in [-0.2, -0.15) is 8.78 Å². The molecule has 0 unspecified atom stereocenters. The molecule has 1 aromatic heterocycles. The average Bonchev–Trinajstić information content (AvgIpc) is 3.18. The number of amides is 1. The van der Waals surface area contributed by atoms with Crippen molar-refractivity contribution in [1.82, 2.24) is 10.3 Å². The number of hydrogen-bond donors (Lipinski definition) is 1. The summed E-state index contributed by atoms with van der Waals surface area (Å²) in [5, 5.41) is 2.21. The Kier molecular flexibility index (Phi) is 6.92. The lowest BCUT2D eigenvalue weighted by molar-refractivity contribution is -0.147. The number of aryl methyl sites for hydroxylation is 1. The standard InChI is InChI=1S/C23H24F2N2O3/c1-2-9-18(20(28)21-26-17-13-6-7-14-19(17)30-21)27-22(29)23(24,25)15-8-12-16-10-4-3-5-11-16/h3-7,10-11,13-14,18H,2,8-9,12,15H2,1H3,(H,27,29)/t18-/m1/s1. The Labute approximate surface area is 173 Å². The molecule has 1 amide bonds. The number of carbonyl (C=O) groups is 2. The second kappa shape index (κ2) is 9.61. The molecule has 0 spiro atoms. The summed E-state index contributed by atoms with van der Waals surface area (Å²) in [6.45, 7) is 1.80. The summed E-state index contributed by atoms with van der Waals surface area (Å²) >= 11 is 0. The lowest BCUT2D eigenvalue weighted by Crippen LogP contribution is -2.48. The quantitative estimate of drug-likeness (QED) is 0.476. The van der Waals surface area contributed by atoms with E-state index in [9.17, 15) is 18.4 Å². The minimum atomic E-state index is -3.57. The maximum absolute atomic E-state index is 14.4. The Morgan fingerprint density at radius 3 is 2.50 bits per heavy atom. The molecule has 0 radical (unpaired) electrons. The van der Waals surface area contributed by atoms with Crippen LogP contribution in [0.15, 0.2) is 59.0 Å². The third-order valence-corrected chi connectivity index (χ3v) is 4.84. The molecule has 3 rings (SSSR count). The summed E-state index contributed by atoms with van der Waals surface area (Å²) in [5.74, 6) is -5.81. The maximum Gasteiger partial charge on any atom is 0.324 e. The molecule has 1 N–H and O–H groups in total. The van der Waals surface area contributed by atoms with E-state index in [2.05, 4.69) is 10.3 Å². The lowest BCUT2D eigenvalue weighted by atomic mass is 10.0. The van der Waals surface area contributed by atoms with E-state index in [-0.39, 0.29) is 18.7 Å². The third kappa shape index (κ3) is 5.28. The zero-order valence-corrected chi connectivity index (χ0v) is 16.7. The van der Waals surface area contributed by atoms with Crippen LogP contribution in [0.1, 0.15) is 48.9 Å². The van der Waals surface area contributed by atoms with Gasteiger partial charge in [0.1, 0.15) is 5.52 Å². The van der Waals surface area contributed by atoms with Crippen LogP contribution < -0.4 is 5.32 Å². The van der Waals surface area contributed by atoms with E-state index >= 15 is 0 Å². The van der Waals surface area contributed by atoms with Crippen LogP contribution in [0.25, 0.3) is 11.1 Å². The van der Waals surface area contributed by atoms with Crippen LogP contribution in [-0.4, -0.2) is 28.6 Å². The summed E-state index contributed by atoms with van der Waals surface area (Å²) in [4.78, 5) is 29.1. The highest BCUT2D eigenvalue weighted by molar-refractivity contribution is 6.00. The fourth-order valence-electron chi connectivity index (χ4n) is 3.22. The van der Waals surface area contributed by atoms with E-state index < -0.39 is 30.1 Å². The number of alkyl halides is 2. The smallest absolute Gasteiger partial charge is 0.324 e. The van der Waals surface area contributed by atoms with E-state index in [1.54, 1.807) is 31.2 Å². The number of benzene rings is 2. The van der Waals surface area contributed by atoms with Crippen molar-refractivity contribution in [1.29, 1.82) is 0 Å². The number of oxazole rings is 1. The zero-order chi connectivity index (χ0) is 21.6. The number of aromatic nitrogens is 1. The van der Waals surface area contributed by atoms with Crippen molar-refractivity contribution >= 4 is 22.8 Å². The number of Topliss-reactive ketones (excluding diaryl/α,β-unsaturated/α-hetero) is 1. The molecule has 0 fully saturated rings. The monoisotopic (exact) mass is 414 g/mol. The molecule has 0 saturated heterocycles. The Morgan fingerprint density at radius 1 is 1.10 bits per heavy atom. The van der Waals surface area contributed by atoms with Gasteiger partial charge >= 0.3 is 5.92 Å². The molecule has 0 aliphatic carbocycles. The fraction of sp³-hybridized carbons (Fsp3) is 0.348. The molecule has 158 valence electrons. The van der Waals surface area contributed by atoms with Crippen molar-refractivity contribution in [2.24, 2.45) is 0 Å². The topological polar surface area (TPSA) is 72.2 Å². The Hall–Kier alpha value is -3.09. The van der Waals surface area contributed by atoms with Gasteiger partial charge < -0.3 is 9.73 Å². The molecule has 0 aliphatic rings. The highest BCUT2D eigenvalue weighted by atomic mass is 19.3. The fourth-order valence-corrected chi connectivity index (χ4v) is 3.22. The van der Waals surface area contributed by atoms with E-state index in [0.29, 0.717) is 23.9 Å². The van der Waals surface area contributed by atoms with Crippen molar-refractivity contribution < 1.29 is 22.8 Å². The Morgan fingerprint density at radius 2 is 1.80 bits per heavy atom. The molecule has 0 saturated carbocycles. The average molecular weight is 414 g/mol. The number of carbonyl (C=O) groups excluding carboxylic acids is 2. The first-order chi connectivity index (χ1) is 14.4. The predicted molar refractivity (Wildman–Crippen MR) is 110 cm³/mol. The van der Waals surface area contributed by atoms with E-state index in [1.807, 2.05) is 30.3 Å². The first kappa shape index (κ1) is 21.6. The molecule has 5 nitrogen and oxygen atoms in total. The molecule has 0 aliphatic heterocycles. The first-order valence-corrected chi connectivity index (χ1v) is 10.0. The van der Waals surface area contributed by atoms with Gasteiger partial charge in [-0.15, -0.1) is 0 Å². The summed E-state index contributed by atoms with van der Waals surface area (Å²) in [5.41, 5.74) is 1.85. The van der Waals surface area contributed by atoms with Crippen LogP contribution in [0.3, 0.4) is 0 Å². The van der Waals surface area contributed by atoms with Gasteiger partial charge in [-0.05, 0) is 37.0 Å². The van der Waals surface area contributed by atoms with Crippen LogP contribution in [0.5, 0.6) is 0 Å². The second-order valence-corrected chi connectivity index (χ2v) is 7.21. The minimum Gasteiger partial charge on any atom is -0.434 e. The molecule has 0 bridgehead atoms. The van der Waals surface area contributed by atoms with Gasteiger partial charge in [-0.25, -0.2) is 4.98 Å². The molecule has 3 aromatic rings. The molecule has 1 atom stereocenters.